The highest BCUT2D eigenvalue weighted by Gasteiger charge is 2.36. The number of carboxylic acids is 2. The Hall–Kier alpha value is -1.10. The SMILES string of the molecule is CCCC(CCC)(COCCC(=O)O)C(=O)O. The Bertz CT molecular complexity index is 243. The molecule has 0 aromatic carbocycles. The number of carboxylic acid groups (broad SMARTS) is 2. The third-order valence-electron chi connectivity index (χ3n) is 2.75. The Labute approximate surface area is 102 Å². The molecule has 0 bridgehead atoms. The smallest absolute Gasteiger partial charge is 0.311 e. The van der Waals surface area contributed by atoms with Crippen LogP contribution in [-0.4, -0.2) is 35.4 Å². The van der Waals surface area contributed by atoms with Crippen LogP contribution in [0.3, 0.4) is 0 Å². The van der Waals surface area contributed by atoms with Gasteiger partial charge in [-0.25, -0.2) is 0 Å². The molecule has 0 saturated carbocycles. The fraction of sp³-hybridized carbons (Fsp3) is 0.833. The van der Waals surface area contributed by atoms with Gasteiger partial charge in [-0.2, -0.15) is 0 Å². The van der Waals surface area contributed by atoms with Crippen LogP contribution in [0.2, 0.25) is 0 Å². The number of rotatable bonds is 10. The van der Waals surface area contributed by atoms with Gasteiger partial charge in [-0.15, -0.1) is 0 Å². The van der Waals surface area contributed by atoms with E-state index in [0.717, 1.165) is 12.8 Å². The standard InChI is InChI=1S/C12H22O5/c1-3-6-12(7-4-2,11(15)16)9-17-8-5-10(13)14/h3-9H2,1-2H3,(H,13,14)(H,15,16). The molecule has 0 aromatic rings. The topological polar surface area (TPSA) is 83.8 Å². The quantitative estimate of drug-likeness (QED) is 0.577. The molecule has 0 rings (SSSR count). The van der Waals surface area contributed by atoms with E-state index < -0.39 is 17.4 Å². The molecule has 100 valence electrons. The van der Waals surface area contributed by atoms with Crippen molar-refractivity contribution >= 4 is 11.9 Å². The summed E-state index contributed by atoms with van der Waals surface area (Å²) in [5.74, 6) is -1.78. The van der Waals surface area contributed by atoms with Crippen LogP contribution in [-0.2, 0) is 14.3 Å². The minimum atomic E-state index is -0.933. The highest BCUT2D eigenvalue weighted by Crippen LogP contribution is 2.30. The Kier molecular flexibility index (Phi) is 7.54. The zero-order valence-electron chi connectivity index (χ0n) is 10.6. The summed E-state index contributed by atoms with van der Waals surface area (Å²) in [6.45, 7) is 4.03. The lowest BCUT2D eigenvalue weighted by Crippen LogP contribution is -2.36. The molecule has 0 spiro atoms. The van der Waals surface area contributed by atoms with Crippen LogP contribution in [0.15, 0.2) is 0 Å². The Morgan fingerprint density at radius 2 is 1.65 bits per heavy atom. The molecule has 2 N–H and O–H groups in total. The average Bonchev–Trinajstić information content (AvgIpc) is 2.24. The molecule has 0 aliphatic rings. The molecule has 0 radical (unpaired) electrons. The molecular weight excluding hydrogens is 224 g/mol. The molecule has 0 unspecified atom stereocenters. The lowest BCUT2D eigenvalue weighted by molar-refractivity contribution is -0.154. The lowest BCUT2D eigenvalue weighted by atomic mass is 9.80. The summed E-state index contributed by atoms with van der Waals surface area (Å²) >= 11 is 0. The molecule has 0 fully saturated rings. The number of aliphatic carboxylic acids is 2. The predicted octanol–water partition coefficient (Wildman–Crippen LogP) is 2.15. The fourth-order valence-electron chi connectivity index (χ4n) is 1.93. The van der Waals surface area contributed by atoms with Crippen LogP contribution < -0.4 is 0 Å². The maximum Gasteiger partial charge on any atom is 0.311 e. The van der Waals surface area contributed by atoms with E-state index in [1.165, 1.54) is 0 Å². The fourth-order valence-corrected chi connectivity index (χ4v) is 1.93. The van der Waals surface area contributed by atoms with E-state index in [4.69, 9.17) is 9.84 Å². The molecule has 0 atom stereocenters. The van der Waals surface area contributed by atoms with Crippen molar-refractivity contribution in [3.63, 3.8) is 0 Å². The van der Waals surface area contributed by atoms with Crippen molar-refractivity contribution in [2.24, 2.45) is 5.41 Å². The summed E-state index contributed by atoms with van der Waals surface area (Å²) < 4.78 is 5.21. The first-order chi connectivity index (χ1) is 7.98. The van der Waals surface area contributed by atoms with Gasteiger partial charge in [0.05, 0.1) is 25.0 Å². The second-order valence-electron chi connectivity index (χ2n) is 4.28. The van der Waals surface area contributed by atoms with Gasteiger partial charge in [0.15, 0.2) is 0 Å². The van der Waals surface area contributed by atoms with Crippen molar-refractivity contribution in [2.45, 2.75) is 46.0 Å². The third kappa shape index (κ3) is 5.68. The molecule has 0 amide bonds. The minimum Gasteiger partial charge on any atom is -0.481 e. The van der Waals surface area contributed by atoms with Crippen molar-refractivity contribution in [1.82, 2.24) is 0 Å². The zero-order valence-corrected chi connectivity index (χ0v) is 10.6. The van der Waals surface area contributed by atoms with Crippen LogP contribution in [0, 0.1) is 5.41 Å². The van der Waals surface area contributed by atoms with Crippen molar-refractivity contribution < 1.29 is 24.5 Å². The van der Waals surface area contributed by atoms with Crippen LogP contribution in [0.4, 0.5) is 0 Å². The van der Waals surface area contributed by atoms with E-state index in [2.05, 4.69) is 0 Å². The molecule has 0 saturated heterocycles. The number of hydrogen-bond acceptors (Lipinski definition) is 3. The van der Waals surface area contributed by atoms with E-state index in [1.54, 1.807) is 0 Å². The molecule has 0 aliphatic carbocycles. The van der Waals surface area contributed by atoms with E-state index in [1.807, 2.05) is 13.8 Å². The van der Waals surface area contributed by atoms with Crippen LogP contribution in [0.25, 0.3) is 0 Å². The molecule has 0 heterocycles. The maximum absolute atomic E-state index is 11.3. The summed E-state index contributed by atoms with van der Waals surface area (Å²) in [5, 5.41) is 17.8. The first-order valence-corrected chi connectivity index (χ1v) is 6.01. The van der Waals surface area contributed by atoms with Crippen molar-refractivity contribution in [3.05, 3.63) is 0 Å². The van der Waals surface area contributed by atoms with Crippen LogP contribution in [0.5, 0.6) is 0 Å². The minimum absolute atomic E-state index is 0.0673. The highest BCUT2D eigenvalue weighted by atomic mass is 16.5. The highest BCUT2D eigenvalue weighted by molar-refractivity contribution is 5.74. The van der Waals surface area contributed by atoms with Gasteiger partial charge in [-0.1, -0.05) is 26.7 Å². The second kappa shape index (κ2) is 8.06. The van der Waals surface area contributed by atoms with Crippen molar-refractivity contribution in [2.75, 3.05) is 13.2 Å². The number of carbonyl (C=O) groups is 2. The number of hydrogen-bond donors (Lipinski definition) is 2. The number of ether oxygens (including phenoxy) is 1. The molecule has 17 heavy (non-hydrogen) atoms. The van der Waals surface area contributed by atoms with Crippen LogP contribution in [0.1, 0.15) is 46.0 Å². The summed E-state index contributed by atoms with van der Waals surface area (Å²) in [6.07, 6.45) is 2.57. The molecule has 0 aliphatic heterocycles. The van der Waals surface area contributed by atoms with E-state index in [0.29, 0.717) is 12.8 Å². The maximum atomic E-state index is 11.3. The molecular formula is C12H22O5. The predicted molar refractivity (Wildman–Crippen MR) is 63.0 cm³/mol. The zero-order chi connectivity index (χ0) is 13.3. The first kappa shape index (κ1) is 15.9. The monoisotopic (exact) mass is 246 g/mol. The normalized spacial score (nSPS) is 11.4. The first-order valence-electron chi connectivity index (χ1n) is 6.01. The van der Waals surface area contributed by atoms with E-state index in [9.17, 15) is 14.7 Å². The van der Waals surface area contributed by atoms with Crippen molar-refractivity contribution in [1.29, 1.82) is 0 Å². The Balaban J connectivity index is 4.35. The summed E-state index contributed by atoms with van der Waals surface area (Å²) in [5.41, 5.74) is -0.859. The van der Waals surface area contributed by atoms with E-state index >= 15 is 0 Å². The van der Waals surface area contributed by atoms with Gasteiger partial charge in [0, 0.05) is 0 Å². The molecule has 5 nitrogen and oxygen atoms in total. The van der Waals surface area contributed by atoms with Gasteiger partial charge in [0.2, 0.25) is 0 Å². The van der Waals surface area contributed by atoms with Gasteiger partial charge in [0.25, 0.3) is 0 Å². The largest absolute Gasteiger partial charge is 0.481 e. The van der Waals surface area contributed by atoms with Gasteiger partial charge in [-0.3, -0.25) is 9.59 Å². The van der Waals surface area contributed by atoms with Gasteiger partial charge in [-0.05, 0) is 12.8 Å². The van der Waals surface area contributed by atoms with Gasteiger partial charge < -0.3 is 14.9 Å². The summed E-state index contributed by atoms with van der Waals surface area (Å²) in [4.78, 5) is 21.6. The summed E-state index contributed by atoms with van der Waals surface area (Å²) in [7, 11) is 0. The Morgan fingerprint density at radius 3 is 2.00 bits per heavy atom. The van der Waals surface area contributed by atoms with E-state index in [-0.39, 0.29) is 19.6 Å². The van der Waals surface area contributed by atoms with Crippen LogP contribution >= 0.6 is 0 Å². The Morgan fingerprint density at radius 1 is 1.12 bits per heavy atom. The van der Waals surface area contributed by atoms with Crippen molar-refractivity contribution in [3.8, 4) is 0 Å². The lowest BCUT2D eigenvalue weighted by Gasteiger charge is -2.28. The average molecular weight is 246 g/mol. The third-order valence-corrected chi connectivity index (χ3v) is 2.75. The van der Waals surface area contributed by atoms with Gasteiger partial charge in [0.1, 0.15) is 0 Å². The molecule has 0 aromatic heterocycles. The summed E-state index contributed by atoms with van der Waals surface area (Å²) in [6, 6.07) is 0. The second-order valence-corrected chi connectivity index (χ2v) is 4.28. The molecule has 5 heteroatoms. The van der Waals surface area contributed by atoms with Gasteiger partial charge >= 0.3 is 11.9 Å².